The lowest BCUT2D eigenvalue weighted by atomic mass is 10.0. The molecule has 1 atom stereocenters. The topological polar surface area (TPSA) is 127 Å². The van der Waals surface area contributed by atoms with Gasteiger partial charge in [0.15, 0.2) is 0 Å². The van der Waals surface area contributed by atoms with Gasteiger partial charge in [0.25, 0.3) is 0 Å². The van der Waals surface area contributed by atoms with Crippen LogP contribution < -0.4 is 5.73 Å². The SMILES string of the molecule is CC(O)CC(C)(C)O.NC(CO)(CO)CO. The van der Waals surface area contributed by atoms with Crippen LogP contribution in [0.3, 0.4) is 0 Å². The maximum Gasteiger partial charge on any atom is 0.0856 e. The number of rotatable bonds is 5. The van der Waals surface area contributed by atoms with Gasteiger partial charge in [0, 0.05) is 6.42 Å². The molecule has 7 N–H and O–H groups in total. The Bertz CT molecular complexity index is 155. The lowest BCUT2D eigenvalue weighted by Gasteiger charge is -2.20. The zero-order chi connectivity index (χ0) is 13.4. The highest BCUT2D eigenvalue weighted by molar-refractivity contribution is 4.80. The Hall–Kier alpha value is -0.240. The summed E-state index contributed by atoms with van der Waals surface area (Å²) < 4.78 is 0. The van der Waals surface area contributed by atoms with Crippen LogP contribution in [0.15, 0.2) is 0 Å². The Morgan fingerprint density at radius 3 is 1.38 bits per heavy atom. The van der Waals surface area contributed by atoms with Crippen molar-refractivity contribution in [2.75, 3.05) is 19.8 Å². The molecule has 0 aliphatic rings. The summed E-state index contributed by atoms with van der Waals surface area (Å²) >= 11 is 0. The summed E-state index contributed by atoms with van der Waals surface area (Å²) in [6.07, 6.45) is 0.0301. The Morgan fingerprint density at radius 2 is 1.38 bits per heavy atom. The van der Waals surface area contributed by atoms with Crippen LogP contribution in [0, 0.1) is 0 Å². The van der Waals surface area contributed by atoms with E-state index in [1.807, 2.05) is 0 Å². The summed E-state index contributed by atoms with van der Waals surface area (Å²) in [7, 11) is 0. The van der Waals surface area contributed by atoms with Crippen molar-refractivity contribution in [1.82, 2.24) is 0 Å². The summed E-state index contributed by atoms with van der Waals surface area (Å²) in [5.41, 5.74) is 3.21. The van der Waals surface area contributed by atoms with E-state index in [1.165, 1.54) is 0 Å². The predicted molar refractivity (Wildman–Crippen MR) is 60.8 cm³/mol. The first-order valence-corrected chi connectivity index (χ1v) is 5.12. The molecular weight excluding hydrogens is 214 g/mol. The van der Waals surface area contributed by atoms with E-state index in [1.54, 1.807) is 20.8 Å². The highest BCUT2D eigenvalue weighted by Gasteiger charge is 2.20. The second kappa shape index (κ2) is 7.94. The van der Waals surface area contributed by atoms with Crippen LogP contribution in [0.2, 0.25) is 0 Å². The Kier molecular flexibility index (Phi) is 9.00. The highest BCUT2D eigenvalue weighted by Crippen LogP contribution is 2.09. The monoisotopic (exact) mass is 239 g/mol. The average molecular weight is 239 g/mol. The largest absolute Gasteiger partial charge is 0.394 e. The van der Waals surface area contributed by atoms with Gasteiger partial charge in [-0.15, -0.1) is 0 Å². The van der Waals surface area contributed by atoms with Gasteiger partial charge in [-0.25, -0.2) is 0 Å². The van der Waals surface area contributed by atoms with E-state index in [0.717, 1.165) is 0 Å². The number of aliphatic hydroxyl groups is 5. The lowest BCUT2D eigenvalue weighted by Crippen LogP contribution is -2.50. The molecule has 6 heteroatoms. The van der Waals surface area contributed by atoms with Gasteiger partial charge in [-0.2, -0.15) is 0 Å². The molecule has 0 radical (unpaired) electrons. The number of aliphatic hydroxyl groups excluding tert-OH is 4. The number of nitrogens with two attached hydrogens (primary N) is 1. The van der Waals surface area contributed by atoms with Crippen LogP contribution in [-0.2, 0) is 0 Å². The molecule has 0 saturated carbocycles. The van der Waals surface area contributed by atoms with Crippen LogP contribution in [-0.4, -0.2) is 62.6 Å². The third kappa shape index (κ3) is 11.8. The van der Waals surface area contributed by atoms with Crippen molar-refractivity contribution in [3.05, 3.63) is 0 Å². The van der Waals surface area contributed by atoms with Gasteiger partial charge in [-0.1, -0.05) is 0 Å². The molecule has 100 valence electrons. The zero-order valence-corrected chi connectivity index (χ0v) is 10.2. The molecule has 6 nitrogen and oxygen atoms in total. The Morgan fingerprint density at radius 1 is 1.06 bits per heavy atom. The Labute approximate surface area is 96.3 Å². The molecule has 0 aromatic rings. The smallest absolute Gasteiger partial charge is 0.0856 e. The van der Waals surface area contributed by atoms with E-state index < -0.39 is 37.1 Å². The van der Waals surface area contributed by atoms with Crippen molar-refractivity contribution < 1.29 is 25.5 Å². The average Bonchev–Trinajstić information content (AvgIpc) is 2.14. The van der Waals surface area contributed by atoms with Crippen molar-refractivity contribution in [3.8, 4) is 0 Å². The van der Waals surface area contributed by atoms with Gasteiger partial charge in [0.05, 0.1) is 37.1 Å². The third-order valence-corrected chi connectivity index (χ3v) is 1.74. The number of hydrogen-bond acceptors (Lipinski definition) is 6. The predicted octanol–water partition coefficient (Wildman–Crippen LogP) is -1.81. The van der Waals surface area contributed by atoms with Gasteiger partial charge in [0.1, 0.15) is 0 Å². The van der Waals surface area contributed by atoms with E-state index in [4.69, 9.17) is 31.3 Å². The Balaban J connectivity index is 0. The molecule has 0 amide bonds. The minimum atomic E-state index is -1.21. The van der Waals surface area contributed by atoms with Gasteiger partial charge in [0.2, 0.25) is 0 Å². The van der Waals surface area contributed by atoms with Crippen LogP contribution in [0.1, 0.15) is 27.2 Å². The molecule has 0 aliphatic carbocycles. The molecule has 0 heterocycles. The van der Waals surface area contributed by atoms with Crippen LogP contribution in [0.5, 0.6) is 0 Å². The van der Waals surface area contributed by atoms with Crippen molar-refractivity contribution in [1.29, 1.82) is 0 Å². The molecule has 0 saturated heterocycles. The minimum Gasteiger partial charge on any atom is -0.394 e. The first kappa shape index (κ1) is 18.1. The van der Waals surface area contributed by atoms with Crippen molar-refractivity contribution in [2.45, 2.75) is 44.4 Å². The minimum absolute atomic E-state index is 0.403. The maximum atomic E-state index is 9.03. The normalized spacial score (nSPS) is 14.1. The standard InChI is InChI=1S/C6H14O2.C4H11NO3/c1-5(7)4-6(2,3)8;5-4(1-6,2-7)3-8/h5,7-8H,4H2,1-3H3;6-8H,1-3,5H2. The fourth-order valence-corrected chi connectivity index (χ4v) is 0.873. The van der Waals surface area contributed by atoms with Crippen molar-refractivity contribution in [3.63, 3.8) is 0 Å². The van der Waals surface area contributed by atoms with Gasteiger partial charge in [-0.05, 0) is 20.8 Å². The molecule has 1 unspecified atom stereocenters. The first-order chi connectivity index (χ1) is 7.10. The van der Waals surface area contributed by atoms with E-state index in [9.17, 15) is 0 Å². The summed E-state index contributed by atoms with van der Waals surface area (Å²) in [6.45, 7) is 3.82. The van der Waals surface area contributed by atoms with Gasteiger partial charge in [-0.3, -0.25) is 0 Å². The molecular formula is C10H25NO5. The molecule has 0 rings (SSSR count). The number of hydrogen-bond donors (Lipinski definition) is 6. The zero-order valence-electron chi connectivity index (χ0n) is 10.2. The van der Waals surface area contributed by atoms with Gasteiger partial charge >= 0.3 is 0 Å². The lowest BCUT2D eigenvalue weighted by molar-refractivity contribution is 0.0248. The molecule has 0 aliphatic heterocycles. The molecule has 0 spiro atoms. The first-order valence-electron chi connectivity index (χ1n) is 5.12. The van der Waals surface area contributed by atoms with Crippen LogP contribution in [0.25, 0.3) is 0 Å². The molecule has 0 aromatic heterocycles. The van der Waals surface area contributed by atoms with E-state index in [0.29, 0.717) is 6.42 Å². The summed E-state index contributed by atoms with van der Waals surface area (Å²) in [5, 5.41) is 42.8. The summed E-state index contributed by atoms with van der Waals surface area (Å²) in [5.74, 6) is 0. The second-order valence-corrected chi connectivity index (χ2v) is 4.70. The fraction of sp³-hybridized carbons (Fsp3) is 1.00. The quantitative estimate of drug-likeness (QED) is 0.336. The molecule has 0 bridgehead atoms. The summed E-state index contributed by atoms with van der Waals surface area (Å²) in [6, 6.07) is 0. The molecule has 0 fully saturated rings. The van der Waals surface area contributed by atoms with E-state index in [2.05, 4.69) is 0 Å². The van der Waals surface area contributed by atoms with E-state index in [-0.39, 0.29) is 0 Å². The van der Waals surface area contributed by atoms with Crippen LogP contribution in [0.4, 0.5) is 0 Å². The molecule has 0 aromatic carbocycles. The molecule has 16 heavy (non-hydrogen) atoms. The third-order valence-electron chi connectivity index (χ3n) is 1.74. The maximum absolute atomic E-state index is 9.03. The second-order valence-electron chi connectivity index (χ2n) is 4.70. The van der Waals surface area contributed by atoms with Crippen molar-refractivity contribution in [2.24, 2.45) is 5.73 Å². The summed E-state index contributed by atoms with van der Waals surface area (Å²) in [4.78, 5) is 0. The van der Waals surface area contributed by atoms with Crippen LogP contribution >= 0.6 is 0 Å². The fourth-order valence-electron chi connectivity index (χ4n) is 0.873. The highest BCUT2D eigenvalue weighted by atomic mass is 16.3. The van der Waals surface area contributed by atoms with Gasteiger partial charge < -0.3 is 31.3 Å². The van der Waals surface area contributed by atoms with Crippen molar-refractivity contribution >= 4 is 0 Å². The van der Waals surface area contributed by atoms with E-state index >= 15 is 0 Å².